The maximum absolute atomic E-state index is 13.1. The molecule has 1 fully saturated rings. The van der Waals surface area contributed by atoms with E-state index in [1.807, 2.05) is 12.1 Å². The molecule has 3 heterocycles. The van der Waals surface area contributed by atoms with Gasteiger partial charge in [0.1, 0.15) is 23.9 Å². The van der Waals surface area contributed by atoms with Gasteiger partial charge in [0, 0.05) is 19.5 Å². The lowest BCUT2D eigenvalue weighted by Crippen LogP contribution is -2.49. The maximum atomic E-state index is 13.1. The average Bonchev–Trinajstić information content (AvgIpc) is 3.44. The van der Waals surface area contributed by atoms with E-state index in [-0.39, 0.29) is 35.6 Å². The van der Waals surface area contributed by atoms with Crippen LogP contribution < -0.4 is 37.2 Å². The minimum absolute atomic E-state index is 0.0282. The highest BCUT2D eigenvalue weighted by atomic mass is 31.2. The van der Waals surface area contributed by atoms with Crippen molar-refractivity contribution < 1.29 is 38.0 Å². The molecule has 0 spiro atoms. The monoisotopic (exact) mass is 769 g/mol. The molecular formula is C35H48N9O9P. The first-order valence-electron chi connectivity index (χ1n) is 17.8. The molecule has 2 aromatic carbocycles. The zero-order valence-electron chi connectivity index (χ0n) is 30.1. The summed E-state index contributed by atoms with van der Waals surface area (Å²) in [6.45, 7) is 5.46. The average molecular weight is 770 g/mol. The summed E-state index contributed by atoms with van der Waals surface area (Å²) in [4.78, 5) is 74.3. The third-order valence-corrected chi connectivity index (χ3v) is 9.59. The molecule has 1 aliphatic heterocycles. The Morgan fingerprint density at radius 2 is 1.70 bits per heavy atom. The first-order valence-corrected chi connectivity index (χ1v) is 19.4. The van der Waals surface area contributed by atoms with Crippen molar-refractivity contribution >= 4 is 36.6 Å². The number of nitrogens with two attached hydrogens (primary N) is 2. The number of amides is 2. The van der Waals surface area contributed by atoms with E-state index < -0.39 is 26.4 Å². The van der Waals surface area contributed by atoms with Gasteiger partial charge in [0.15, 0.2) is 11.5 Å². The largest absolute Gasteiger partial charge is 0.524 e. The number of likely N-dealkylation sites (tertiary alicyclic amines) is 1. The van der Waals surface area contributed by atoms with Crippen LogP contribution in [-0.4, -0.2) is 84.9 Å². The summed E-state index contributed by atoms with van der Waals surface area (Å²) in [5, 5.41) is 5.55. The van der Waals surface area contributed by atoms with Gasteiger partial charge in [0.2, 0.25) is 11.8 Å². The zero-order valence-corrected chi connectivity index (χ0v) is 31.0. The SMILES string of the molecule is CCCCOc1nc(N)c2[nH]c(=O)n(Cc3ccc(CN4CCC(CCNC(=O)[C@H](Cc5ccc(OP(=O)(O)O)cc5)NC(=O)CON)CC4)cc3)c2n1. The van der Waals surface area contributed by atoms with Crippen molar-refractivity contribution in [2.24, 2.45) is 11.8 Å². The standard InChI is InChI=1S/C35H48N9O9P/c1-2-3-18-51-34-41-31(36)30-32(42-34)44(35(47)40-30)21-26-6-4-25(5-7-26)20-43-16-13-23(14-17-43)12-15-38-33(46)28(39-29(45)22-52-37)19-24-8-10-27(11-9-24)53-54(48,49)50/h4-11,23,28H,2-3,12-22,37H2,1H3,(H,38,46)(H,39,45)(H,40,47)(H2,36,41,42)(H2,48,49,50)/t28-/m0/s1. The summed E-state index contributed by atoms with van der Waals surface area (Å²) in [7, 11) is -4.71. The molecule has 0 unspecified atom stereocenters. The molecule has 2 amide bonds. The number of ether oxygens (including phenoxy) is 1. The lowest BCUT2D eigenvalue weighted by molar-refractivity contribution is -0.131. The van der Waals surface area contributed by atoms with Gasteiger partial charge in [-0.2, -0.15) is 9.97 Å². The number of piperidine rings is 1. The van der Waals surface area contributed by atoms with Crippen molar-refractivity contribution in [3.63, 3.8) is 0 Å². The number of nitrogen functional groups attached to an aromatic ring is 1. The Morgan fingerprint density at radius 3 is 2.35 bits per heavy atom. The Bertz CT molecular complexity index is 1960. The number of imidazole rings is 1. The van der Waals surface area contributed by atoms with Crippen LogP contribution in [0, 0.1) is 5.92 Å². The van der Waals surface area contributed by atoms with E-state index in [1.54, 1.807) is 12.1 Å². The minimum atomic E-state index is -4.71. The second-order valence-corrected chi connectivity index (χ2v) is 14.4. The fourth-order valence-electron chi connectivity index (χ4n) is 6.28. The van der Waals surface area contributed by atoms with Gasteiger partial charge in [-0.05, 0) is 73.5 Å². The van der Waals surface area contributed by atoms with Gasteiger partial charge in [-0.25, -0.2) is 15.3 Å². The maximum Gasteiger partial charge on any atom is 0.524 e. The molecule has 9 N–H and O–H groups in total. The van der Waals surface area contributed by atoms with Crippen molar-refractivity contribution in [3.8, 4) is 11.8 Å². The quantitative estimate of drug-likeness (QED) is 0.0407. The lowest BCUT2D eigenvalue weighted by atomic mass is 9.93. The van der Waals surface area contributed by atoms with Gasteiger partial charge in [-0.1, -0.05) is 49.7 Å². The second kappa shape index (κ2) is 19.0. The molecule has 18 nitrogen and oxygen atoms in total. The van der Waals surface area contributed by atoms with Gasteiger partial charge in [0.05, 0.1) is 13.2 Å². The molecule has 1 aliphatic rings. The molecule has 0 radical (unpaired) electrons. The number of carbonyl (C=O) groups is 2. The molecule has 2 aromatic heterocycles. The van der Waals surface area contributed by atoms with Gasteiger partial charge in [-0.15, -0.1) is 0 Å². The molecule has 19 heteroatoms. The Hall–Kier alpha value is -4.84. The van der Waals surface area contributed by atoms with Gasteiger partial charge >= 0.3 is 19.5 Å². The first-order chi connectivity index (χ1) is 25.9. The number of H-pyrrole nitrogens is 1. The van der Waals surface area contributed by atoms with Crippen molar-refractivity contribution in [1.29, 1.82) is 0 Å². The fourth-order valence-corrected chi connectivity index (χ4v) is 6.67. The van der Waals surface area contributed by atoms with Crippen LogP contribution in [0.15, 0.2) is 53.3 Å². The Balaban J connectivity index is 1.08. The van der Waals surface area contributed by atoms with Gasteiger partial charge < -0.3 is 30.6 Å². The van der Waals surface area contributed by atoms with Crippen LogP contribution in [0.2, 0.25) is 0 Å². The fraction of sp³-hybridized carbons (Fsp3) is 0.457. The van der Waals surface area contributed by atoms with Crippen molar-refractivity contribution in [1.82, 2.24) is 35.1 Å². The van der Waals surface area contributed by atoms with Crippen molar-refractivity contribution in [3.05, 3.63) is 75.7 Å². The summed E-state index contributed by atoms with van der Waals surface area (Å²) in [6.07, 6.45) is 4.68. The number of aromatic amines is 1. The number of nitrogens with one attached hydrogen (secondary N) is 3. The molecule has 1 atom stereocenters. The summed E-state index contributed by atoms with van der Waals surface area (Å²) in [5.41, 5.74) is 9.28. The summed E-state index contributed by atoms with van der Waals surface area (Å²) in [5.74, 6) is 4.65. The number of hydrogen-bond acceptors (Lipinski definition) is 12. The number of anilines is 1. The molecule has 5 rings (SSSR count). The molecule has 0 saturated carbocycles. The number of carbonyl (C=O) groups excluding carboxylic acids is 2. The van der Waals surface area contributed by atoms with E-state index in [9.17, 15) is 18.9 Å². The third kappa shape index (κ3) is 11.8. The van der Waals surface area contributed by atoms with Crippen LogP contribution in [0.1, 0.15) is 55.7 Å². The molecule has 0 bridgehead atoms. The number of nitrogens with zero attached hydrogens (tertiary/aromatic N) is 4. The molecule has 54 heavy (non-hydrogen) atoms. The highest BCUT2D eigenvalue weighted by molar-refractivity contribution is 7.46. The molecule has 292 valence electrons. The van der Waals surface area contributed by atoms with Gasteiger partial charge in [0.25, 0.3) is 0 Å². The Labute approximate surface area is 311 Å². The van der Waals surface area contributed by atoms with Crippen LogP contribution in [-0.2, 0) is 38.5 Å². The van der Waals surface area contributed by atoms with E-state index in [1.165, 1.54) is 16.7 Å². The van der Waals surface area contributed by atoms with Gasteiger partial charge in [-0.3, -0.25) is 33.7 Å². The van der Waals surface area contributed by atoms with Crippen LogP contribution in [0.3, 0.4) is 0 Å². The van der Waals surface area contributed by atoms with E-state index in [0.717, 1.165) is 62.9 Å². The number of phosphoric acid groups is 1. The van der Waals surface area contributed by atoms with E-state index >= 15 is 0 Å². The first kappa shape index (κ1) is 40.3. The molecule has 0 aliphatic carbocycles. The van der Waals surface area contributed by atoms with E-state index in [2.05, 4.69) is 58.9 Å². The third-order valence-electron chi connectivity index (χ3n) is 9.14. The highest BCUT2D eigenvalue weighted by Crippen LogP contribution is 2.37. The molecule has 1 saturated heterocycles. The Morgan fingerprint density at radius 1 is 1.04 bits per heavy atom. The smallest absolute Gasteiger partial charge is 0.463 e. The van der Waals surface area contributed by atoms with E-state index in [0.29, 0.717) is 42.3 Å². The second-order valence-electron chi connectivity index (χ2n) is 13.3. The number of hydrogen-bond donors (Lipinski definition) is 7. The predicted molar refractivity (Wildman–Crippen MR) is 199 cm³/mol. The number of phosphoric ester groups is 1. The number of fused-ring (bicyclic) bond motifs is 1. The number of benzene rings is 2. The van der Waals surface area contributed by atoms with Crippen molar-refractivity contribution in [2.45, 2.75) is 64.6 Å². The van der Waals surface area contributed by atoms with E-state index in [4.69, 9.17) is 26.2 Å². The zero-order chi connectivity index (χ0) is 38.7. The number of aromatic nitrogens is 4. The van der Waals surface area contributed by atoms with Crippen LogP contribution in [0.25, 0.3) is 11.2 Å². The summed E-state index contributed by atoms with van der Waals surface area (Å²) < 4.78 is 22.8. The summed E-state index contributed by atoms with van der Waals surface area (Å²) >= 11 is 0. The number of rotatable bonds is 19. The minimum Gasteiger partial charge on any atom is -0.463 e. The predicted octanol–water partition coefficient (Wildman–Crippen LogP) is 1.74. The van der Waals surface area contributed by atoms with Crippen LogP contribution in [0.4, 0.5) is 5.82 Å². The molecule has 4 aromatic rings. The molecular weight excluding hydrogens is 721 g/mol. The van der Waals surface area contributed by atoms with Crippen molar-refractivity contribution in [2.75, 3.05) is 38.6 Å². The van der Waals surface area contributed by atoms with Crippen LogP contribution in [0.5, 0.6) is 11.8 Å². The normalized spacial score (nSPS) is 14.5. The Kier molecular flexibility index (Phi) is 14.2. The topological polar surface area (TPSA) is 262 Å². The highest BCUT2D eigenvalue weighted by Gasteiger charge is 2.24. The van der Waals surface area contributed by atoms with Crippen LogP contribution >= 0.6 is 7.82 Å². The number of unbranched alkanes of at least 4 members (excludes halogenated alkanes) is 1. The lowest BCUT2D eigenvalue weighted by Gasteiger charge is -2.32. The summed E-state index contributed by atoms with van der Waals surface area (Å²) in [6, 6.07) is 13.2.